The van der Waals surface area contributed by atoms with E-state index in [1.165, 1.54) is 29.2 Å². The number of aliphatic imine (C=N–C) groups is 1. The van der Waals surface area contributed by atoms with Crippen molar-refractivity contribution in [3.05, 3.63) is 40.5 Å². The van der Waals surface area contributed by atoms with Crippen molar-refractivity contribution in [2.24, 2.45) is 4.99 Å². The maximum Gasteiger partial charge on any atom is 0.139 e. The van der Waals surface area contributed by atoms with Gasteiger partial charge in [-0.2, -0.15) is 11.8 Å². The van der Waals surface area contributed by atoms with Gasteiger partial charge >= 0.3 is 0 Å². The van der Waals surface area contributed by atoms with Gasteiger partial charge in [0.1, 0.15) is 16.7 Å². The molecule has 1 atom stereocenters. The first-order valence-corrected chi connectivity index (χ1v) is 11.5. The topological polar surface area (TPSA) is 30.9 Å². The summed E-state index contributed by atoms with van der Waals surface area (Å²) in [6.45, 7) is 5.06. The van der Waals surface area contributed by atoms with Gasteiger partial charge in [0.25, 0.3) is 0 Å². The Kier molecular flexibility index (Phi) is 8.67. The number of halogens is 3. The van der Waals surface area contributed by atoms with E-state index < -0.39 is 0 Å². The van der Waals surface area contributed by atoms with Crippen LogP contribution in [0.15, 0.2) is 29.3 Å². The molecule has 4 rings (SSSR count). The average molecular weight is 478 g/mol. The third-order valence-corrected chi connectivity index (χ3v) is 6.87. The lowest BCUT2D eigenvalue weighted by atomic mass is 10.1. The van der Waals surface area contributed by atoms with Crippen molar-refractivity contribution in [3.63, 3.8) is 0 Å². The van der Waals surface area contributed by atoms with Crippen LogP contribution < -0.4 is 5.32 Å². The molecule has 2 aliphatic rings. The Bertz CT molecular complexity index is 874. The Hall–Kier alpha value is -0.990. The molecule has 1 saturated heterocycles. The highest BCUT2D eigenvalue weighted by molar-refractivity contribution is 7.98. The molecule has 3 heterocycles. The summed E-state index contributed by atoms with van der Waals surface area (Å²) in [5.41, 5.74) is 2.66. The second-order valence-electron chi connectivity index (χ2n) is 7.18. The van der Waals surface area contributed by atoms with Gasteiger partial charge in [-0.05, 0) is 56.7 Å². The van der Waals surface area contributed by atoms with Crippen LogP contribution in [0, 0.1) is 12.7 Å². The van der Waals surface area contributed by atoms with Crippen molar-refractivity contribution in [2.75, 3.05) is 44.0 Å². The predicted octanol–water partition coefficient (Wildman–Crippen LogP) is 5.54. The van der Waals surface area contributed by atoms with Crippen molar-refractivity contribution in [1.29, 1.82) is 0 Å². The third-order valence-electron chi connectivity index (χ3n) is 5.26. The van der Waals surface area contributed by atoms with Crippen LogP contribution in [0.25, 0.3) is 0 Å². The number of rotatable bonds is 3. The molecule has 1 aromatic carbocycles. The summed E-state index contributed by atoms with van der Waals surface area (Å²) < 4.78 is 13.8. The molecular weight excluding hydrogens is 450 g/mol. The number of hydrogen-bond donors (Lipinski definition) is 1. The van der Waals surface area contributed by atoms with Crippen molar-refractivity contribution in [3.8, 4) is 0 Å². The second kappa shape index (κ2) is 10.4. The van der Waals surface area contributed by atoms with E-state index in [1.807, 2.05) is 11.8 Å². The molecule has 0 aliphatic carbocycles. The number of piperazine rings is 1. The van der Waals surface area contributed by atoms with Crippen LogP contribution in [0.1, 0.15) is 16.9 Å². The van der Waals surface area contributed by atoms with Gasteiger partial charge in [-0.15, -0.1) is 36.2 Å². The second-order valence-corrected chi connectivity index (χ2v) is 9.43. The van der Waals surface area contributed by atoms with Gasteiger partial charge in [0.2, 0.25) is 0 Å². The van der Waals surface area contributed by atoms with E-state index in [1.54, 1.807) is 17.4 Å². The molecule has 0 bridgehead atoms. The van der Waals surface area contributed by atoms with Crippen molar-refractivity contribution < 1.29 is 4.39 Å². The summed E-state index contributed by atoms with van der Waals surface area (Å²) in [5.74, 6) is 1.93. The van der Waals surface area contributed by atoms with E-state index in [0.29, 0.717) is 6.04 Å². The lowest BCUT2D eigenvalue weighted by molar-refractivity contribution is 0.139. The summed E-state index contributed by atoms with van der Waals surface area (Å²) in [5, 5.41) is 4.46. The molecule has 4 nitrogen and oxygen atoms in total. The van der Waals surface area contributed by atoms with E-state index in [0.717, 1.165) is 47.4 Å². The fourth-order valence-electron chi connectivity index (χ4n) is 3.72. The summed E-state index contributed by atoms with van der Waals surface area (Å²) in [7, 11) is 2.22. The quantitative estimate of drug-likeness (QED) is 0.629. The molecular formula is C20H27Cl2FN4S2. The van der Waals surface area contributed by atoms with Gasteiger partial charge in [-0.25, -0.2) is 9.38 Å². The van der Waals surface area contributed by atoms with Gasteiger partial charge in [0.05, 0.1) is 16.9 Å². The molecule has 1 fully saturated rings. The zero-order chi connectivity index (χ0) is 19.0. The number of aryl methyl sites for hydroxylation is 1. The van der Waals surface area contributed by atoms with Crippen LogP contribution >= 0.6 is 47.9 Å². The number of thiophene rings is 1. The fraction of sp³-hybridized carbons (Fsp3) is 0.450. The number of thioether (sulfide) groups is 1. The lowest BCUT2D eigenvalue weighted by Crippen LogP contribution is -2.53. The Balaban J connectivity index is 0.00000150. The number of nitrogens with zero attached hydrogens (tertiary/aromatic N) is 3. The zero-order valence-electron chi connectivity index (χ0n) is 16.8. The van der Waals surface area contributed by atoms with E-state index in [-0.39, 0.29) is 30.6 Å². The fourth-order valence-corrected chi connectivity index (χ4v) is 5.15. The summed E-state index contributed by atoms with van der Waals surface area (Å²) in [4.78, 5) is 11.1. The normalized spacial score (nSPS) is 18.4. The minimum absolute atomic E-state index is 0. The highest BCUT2D eigenvalue weighted by Crippen LogP contribution is 2.39. The number of fused-ring (bicyclic) bond motifs is 2. The monoisotopic (exact) mass is 476 g/mol. The Morgan fingerprint density at radius 2 is 2.07 bits per heavy atom. The Labute approximate surface area is 192 Å². The number of likely N-dealkylation sites (N-methyl/N-ethyl adjacent to an activating group) is 1. The maximum absolute atomic E-state index is 13.8. The molecule has 2 aromatic rings. The highest BCUT2D eigenvalue weighted by atomic mass is 35.5. The van der Waals surface area contributed by atoms with E-state index in [2.05, 4.69) is 41.4 Å². The molecule has 0 spiro atoms. The number of anilines is 2. The standard InChI is InChI=1S/C20H25FN4S2.2ClH/c1-13-10-16-19(25-8-7-24(2)15(12-25)6-9-26-3)22-17-5-4-14(21)11-18(17)23-20(16)27-13;;/h4-5,10-11,15,23H,6-9,12H2,1-3H3;2*1H. The van der Waals surface area contributed by atoms with Crippen molar-refractivity contribution in [1.82, 2.24) is 9.80 Å². The van der Waals surface area contributed by atoms with Crippen LogP contribution in [-0.4, -0.2) is 60.4 Å². The van der Waals surface area contributed by atoms with Crippen LogP contribution in [0.4, 0.5) is 20.8 Å². The predicted molar refractivity (Wildman–Crippen MR) is 130 cm³/mol. The summed E-state index contributed by atoms with van der Waals surface area (Å²) >= 11 is 3.60. The van der Waals surface area contributed by atoms with Crippen LogP contribution in [0.3, 0.4) is 0 Å². The molecule has 0 radical (unpaired) electrons. The van der Waals surface area contributed by atoms with Crippen LogP contribution in [0.5, 0.6) is 0 Å². The summed E-state index contributed by atoms with van der Waals surface area (Å²) in [6.07, 6.45) is 3.34. The molecule has 160 valence electrons. The smallest absolute Gasteiger partial charge is 0.139 e. The molecule has 0 amide bonds. The third kappa shape index (κ3) is 5.20. The molecule has 0 saturated carbocycles. The first kappa shape index (κ1) is 24.3. The first-order valence-electron chi connectivity index (χ1n) is 9.25. The number of hydrogen-bond acceptors (Lipinski definition) is 6. The largest absolute Gasteiger partial charge is 0.353 e. The minimum Gasteiger partial charge on any atom is -0.353 e. The zero-order valence-corrected chi connectivity index (χ0v) is 20.0. The van der Waals surface area contributed by atoms with Gasteiger partial charge in [0.15, 0.2) is 0 Å². The van der Waals surface area contributed by atoms with Gasteiger partial charge in [-0.1, -0.05) is 0 Å². The number of nitrogens with one attached hydrogen (secondary N) is 1. The maximum atomic E-state index is 13.8. The molecule has 1 aromatic heterocycles. The molecule has 2 aliphatic heterocycles. The Morgan fingerprint density at radius 3 is 2.83 bits per heavy atom. The first-order chi connectivity index (χ1) is 13.0. The minimum atomic E-state index is -0.244. The molecule has 9 heteroatoms. The molecule has 1 unspecified atom stereocenters. The molecule has 1 N–H and O–H groups in total. The van der Waals surface area contributed by atoms with Crippen molar-refractivity contribution in [2.45, 2.75) is 19.4 Å². The van der Waals surface area contributed by atoms with Crippen molar-refractivity contribution >= 4 is 70.1 Å². The SMILES string of the molecule is CSCCC1CN(C2=Nc3ccc(F)cc3Nc3sc(C)cc32)CCN1C.Cl.Cl. The Morgan fingerprint density at radius 1 is 1.28 bits per heavy atom. The number of amidine groups is 1. The average Bonchev–Trinajstić information content (AvgIpc) is 2.93. The van der Waals surface area contributed by atoms with E-state index in [4.69, 9.17) is 4.99 Å². The highest BCUT2D eigenvalue weighted by Gasteiger charge is 2.29. The van der Waals surface area contributed by atoms with Gasteiger partial charge in [-0.3, -0.25) is 4.90 Å². The number of benzene rings is 1. The van der Waals surface area contributed by atoms with E-state index >= 15 is 0 Å². The van der Waals surface area contributed by atoms with Crippen LogP contribution in [-0.2, 0) is 0 Å². The summed E-state index contributed by atoms with van der Waals surface area (Å²) in [6, 6.07) is 7.51. The molecule has 29 heavy (non-hydrogen) atoms. The van der Waals surface area contributed by atoms with Gasteiger partial charge < -0.3 is 10.2 Å². The van der Waals surface area contributed by atoms with Gasteiger partial charge in [0, 0.05) is 30.6 Å². The van der Waals surface area contributed by atoms with Crippen LogP contribution in [0.2, 0.25) is 0 Å². The lowest BCUT2D eigenvalue weighted by Gasteiger charge is -2.41. The van der Waals surface area contributed by atoms with E-state index in [9.17, 15) is 4.39 Å².